The lowest BCUT2D eigenvalue weighted by atomic mass is 9.85. The summed E-state index contributed by atoms with van der Waals surface area (Å²) in [4.78, 5) is 4.15. The van der Waals surface area contributed by atoms with E-state index < -0.39 is 17.5 Å². The first-order valence-corrected chi connectivity index (χ1v) is 8.98. The molecule has 0 radical (unpaired) electrons. The molecular formula is C22H14FN5O. The van der Waals surface area contributed by atoms with Crippen LogP contribution in [0.4, 0.5) is 4.39 Å². The SMILES string of the molecule is N#Cc1ccc([C@H]2CC(O)(C3=C=C=C(c4ccn[nH]4)C=C3)c3cncn32)c(F)c1. The van der Waals surface area contributed by atoms with Gasteiger partial charge in [-0.1, -0.05) is 17.5 Å². The van der Waals surface area contributed by atoms with Crippen molar-refractivity contribution < 1.29 is 9.50 Å². The maximum absolute atomic E-state index is 14.7. The lowest BCUT2D eigenvalue weighted by molar-refractivity contribution is 0.0787. The molecule has 2 aromatic heterocycles. The minimum absolute atomic E-state index is 0.224. The van der Waals surface area contributed by atoms with Gasteiger partial charge in [0.1, 0.15) is 11.4 Å². The standard InChI is InChI=1S/C22H14FN5O/c23-18-9-14(11-24)1-6-17(18)20-10-22(29,21-12-25-13-28(20)21)16-4-2-15(3-5-16)19-7-8-26-27-19/h1-2,4,6-9,12-13,20,29H,10H2,(H,26,27)/t20-,22?/m1/s1. The van der Waals surface area contributed by atoms with Crippen molar-refractivity contribution in [2.75, 3.05) is 0 Å². The van der Waals surface area contributed by atoms with Crippen LogP contribution in [0.25, 0.3) is 5.57 Å². The summed E-state index contributed by atoms with van der Waals surface area (Å²) in [7, 11) is 0. The number of aromatic nitrogens is 4. The summed E-state index contributed by atoms with van der Waals surface area (Å²) < 4.78 is 16.4. The molecule has 2 N–H and O–H groups in total. The number of nitrogens with zero attached hydrogens (tertiary/aromatic N) is 4. The fourth-order valence-electron chi connectivity index (χ4n) is 3.92. The van der Waals surface area contributed by atoms with E-state index in [9.17, 15) is 9.50 Å². The Bertz CT molecular complexity index is 1300. The van der Waals surface area contributed by atoms with Gasteiger partial charge in [0.25, 0.3) is 0 Å². The van der Waals surface area contributed by atoms with E-state index in [1.807, 2.05) is 18.2 Å². The molecule has 0 spiro atoms. The molecule has 6 nitrogen and oxygen atoms in total. The number of nitrogens with one attached hydrogen (secondary N) is 1. The summed E-state index contributed by atoms with van der Waals surface area (Å²) >= 11 is 0. The number of hydrogen-bond acceptors (Lipinski definition) is 4. The molecule has 1 aliphatic carbocycles. The predicted molar refractivity (Wildman–Crippen MR) is 102 cm³/mol. The maximum Gasteiger partial charge on any atom is 0.141 e. The van der Waals surface area contributed by atoms with Gasteiger partial charge in [-0.2, -0.15) is 10.4 Å². The number of halogens is 1. The Hall–Kier alpha value is -3.94. The molecule has 0 amide bonds. The number of rotatable bonds is 3. The van der Waals surface area contributed by atoms with E-state index in [4.69, 9.17) is 5.26 Å². The van der Waals surface area contributed by atoms with Gasteiger partial charge in [0, 0.05) is 29.3 Å². The van der Waals surface area contributed by atoms with E-state index in [2.05, 4.69) is 26.6 Å². The summed E-state index contributed by atoms with van der Waals surface area (Å²) in [6, 6.07) is 7.68. The number of imidazole rings is 1. The monoisotopic (exact) mass is 383 g/mol. The molecule has 3 aromatic rings. The van der Waals surface area contributed by atoms with E-state index in [-0.39, 0.29) is 12.0 Å². The van der Waals surface area contributed by atoms with Gasteiger partial charge in [-0.05, 0) is 30.4 Å². The van der Waals surface area contributed by atoms with E-state index in [0.29, 0.717) is 16.8 Å². The molecule has 3 heterocycles. The molecule has 0 bridgehead atoms. The fourth-order valence-corrected chi connectivity index (χ4v) is 3.92. The Morgan fingerprint density at radius 2 is 2.21 bits per heavy atom. The number of hydrogen-bond donors (Lipinski definition) is 2. The average Bonchev–Trinajstić information content (AvgIpc) is 3.48. The van der Waals surface area contributed by atoms with Crippen molar-refractivity contribution in [3.63, 3.8) is 0 Å². The third-order valence-electron chi connectivity index (χ3n) is 5.39. The number of fused-ring (bicyclic) bond motifs is 1. The number of nitriles is 1. The summed E-state index contributed by atoms with van der Waals surface area (Å²) in [5.74, 6) is -0.483. The first kappa shape index (κ1) is 17.2. The zero-order chi connectivity index (χ0) is 20.0. The zero-order valence-electron chi connectivity index (χ0n) is 15.1. The van der Waals surface area contributed by atoms with Crippen molar-refractivity contribution in [1.82, 2.24) is 19.7 Å². The van der Waals surface area contributed by atoms with Gasteiger partial charge >= 0.3 is 0 Å². The van der Waals surface area contributed by atoms with Crippen LogP contribution < -0.4 is 0 Å². The second-order valence-electron chi connectivity index (χ2n) is 7.00. The molecule has 1 unspecified atom stereocenters. The van der Waals surface area contributed by atoms with Crippen molar-refractivity contribution in [3.8, 4) is 6.07 Å². The van der Waals surface area contributed by atoms with Gasteiger partial charge in [-0.3, -0.25) is 5.10 Å². The Labute approximate surface area is 165 Å². The van der Waals surface area contributed by atoms with Crippen LogP contribution >= 0.6 is 0 Å². The topological polar surface area (TPSA) is 90.5 Å². The molecule has 2 aliphatic rings. The Kier molecular flexibility index (Phi) is 3.73. The van der Waals surface area contributed by atoms with Crippen LogP contribution in [0.5, 0.6) is 0 Å². The lowest BCUT2D eigenvalue weighted by Crippen LogP contribution is -2.24. The highest BCUT2D eigenvalue weighted by Crippen LogP contribution is 2.47. The maximum atomic E-state index is 14.7. The molecular weight excluding hydrogens is 369 g/mol. The number of allylic oxidation sites excluding steroid dienone is 2. The summed E-state index contributed by atoms with van der Waals surface area (Å²) in [6.45, 7) is 0. The van der Waals surface area contributed by atoms with Crippen molar-refractivity contribution in [2.45, 2.75) is 18.1 Å². The van der Waals surface area contributed by atoms with Crippen LogP contribution in [0.2, 0.25) is 0 Å². The molecule has 2 atom stereocenters. The Morgan fingerprint density at radius 3 is 2.90 bits per heavy atom. The zero-order valence-corrected chi connectivity index (χ0v) is 15.1. The molecule has 5 rings (SSSR count). The molecule has 0 fully saturated rings. The summed E-state index contributed by atoms with van der Waals surface area (Å²) in [5, 5.41) is 27.3. The highest BCUT2D eigenvalue weighted by atomic mass is 19.1. The number of aromatic amines is 1. The van der Waals surface area contributed by atoms with Crippen LogP contribution in [0.15, 0.2) is 72.2 Å². The van der Waals surface area contributed by atoms with Crippen LogP contribution in [-0.4, -0.2) is 24.9 Å². The highest BCUT2D eigenvalue weighted by Gasteiger charge is 2.46. The Morgan fingerprint density at radius 1 is 1.31 bits per heavy atom. The van der Waals surface area contributed by atoms with Crippen LogP contribution in [0.3, 0.4) is 0 Å². The second-order valence-corrected chi connectivity index (χ2v) is 7.00. The first-order chi connectivity index (χ1) is 14.1. The van der Waals surface area contributed by atoms with Crippen LogP contribution in [-0.2, 0) is 5.60 Å². The largest absolute Gasteiger partial charge is 0.378 e. The highest BCUT2D eigenvalue weighted by molar-refractivity contribution is 5.73. The van der Waals surface area contributed by atoms with Crippen LogP contribution in [0, 0.1) is 17.1 Å². The normalized spacial score (nSPS) is 22.2. The lowest BCUT2D eigenvalue weighted by Gasteiger charge is -2.23. The van der Waals surface area contributed by atoms with Gasteiger partial charge < -0.3 is 9.67 Å². The summed E-state index contributed by atoms with van der Waals surface area (Å²) in [6.07, 6.45) is 8.64. The van der Waals surface area contributed by atoms with Crippen molar-refractivity contribution in [3.05, 3.63) is 101 Å². The third kappa shape index (κ3) is 2.60. The minimum atomic E-state index is -1.38. The molecule has 0 saturated carbocycles. The first-order valence-electron chi connectivity index (χ1n) is 8.98. The third-order valence-corrected chi connectivity index (χ3v) is 5.39. The van der Waals surface area contributed by atoms with Crippen LogP contribution in [0.1, 0.15) is 35.0 Å². The second kappa shape index (κ2) is 6.30. The molecule has 0 saturated heterocycles. The summed E-state index contributed by atoms with van der Waals surface area (Å²) in [5.41, 5.74) is 8.02. The molecule has 29 heavy (non-hydrogen) atoms. The predicted octanol–water partition coefficient (Wildman–Crippen LogP) is 3.13. The van der Waals surface area contributed by atoms with Crippen molar-refractivity contribution >= 4 is 5.57 Å². The van der Waals surface area contributed by atoms with E-state index in [1.165, 1.54) is 6.07 Å². The molecule has 140 valence electrons. The number of benzene rings is 1. The van der Waals surface area contributed by atoms with Gasteiger partial charge in [0.2, 0.25) is 0 Å². The van der Waals surface area contributed by atoms with Crippen molar-refractivity contribution in [1.29, 1.82) is 5.26 Å². The van der Waals surface area contributed by atoms with Gasteiger partial charge in [0.15, 0.2) is 0 Å². The van der Waals surface area contributed by atoms with E-state index in [0.717, 1.165) is 11.3 Å². The fraction of sp³-hybridized carbons (Fsp3) is 0.136. The van der Waals surface area contributed by atoms with E-state index in [1.54, 1.807) is 41.5 Å². The number of aliphatic hydroxyl groups is 1. The molecule has 1 aromatic carbocycles. The average molecular weight is 383 g/mol. The molecule has 7 heteroatoms. The minimum Gasteiger partial charge on any atom is -0.378 e. The van der Waals surface area contributed by atoms with Gasteiger partial charge in [0.05, 0.1) is 41.6 Å². The smallest absolute Gasteiger partial charge is 0.141 e. The van der Waals surface area contributed by atoms with E-state index >= 15 is 0 Å². The van der Waals surface area contributed by atoms with Crippen molar-refractivity contribution in [2.24, 2.45) is 0 Å². The van der Waals surface area contributed by atoms with Gasteiger partial charge in [-0.15, -0.1) is 0 Å². The number of H-pyrrole nitrogens is 1. The molecule has 1 aliphatic heterocycles. The Balaban J connectivity index is 1.59. The van der Waals surface area contributed by atoms with Gasteiger partial charge in [-0.25, -0.2) is 9.37 Å². The quantitative estimate of drug-likeness (QED) is 0.680.